The van der Waals surface area contributed by atoms with Crippen LogP contribution in [-0.4, -0.2) is 30.0 Å². The molecule has 7 heteroatoms. The molecule has 0 bridgehead atoms. The third-order valence-electron chi connectivity index (χ3n) is 3.39. The molecule has 0 saturated carbocycles. The highest BCUT2D eigenvalue weighted by Crippen LogP contribution is 2.18. The average Bonchev–Trinajstić information content (AvgIpc) is 3.06. The van der Waals surface area contributed by atoms with Gasteiger partial charge in [0.15, 0.2) is 0 Å². The first-order valence-corrected chi connectivity index (χ1v) is 6.70. The summed E-state index contributed by atoms with van der Waals surface area (Å²) in [4.78, 5) is 0. The molecule has 0 unspecified atom stereocenters. The predicted octanol–water partition coefficient (Wildman–Crippen LogP) is 1.62. The molecule has 0 aliphatic rings. The van der Waals surface area contributed by atoms with Crippen LogP contribution in [0.15, 0.2) is 30.7 Å². The summed E-state index contributed by atoms with van der Waals surface area (Å²) in [6.07, 6.45) is 3.62. The van der Waals surface area contributed by atoms with Crippen molar-refractivity contribution in [2.45, 2.75) is 20.4 Å². The highest BCUT2D eigenvalue weighted by Gasteiger charge is 2.05. The summed E-state index contributed by atoms with van der Waals surface area (Å²) >= 11 is 0. The van der Waals surface area contributed by atoms with Crippen LogP contribution in [0.3, 0.4) is 0 Å². The molecule has 7 nitrogen and oxygen atoms in total. The van der Waals surface area contributed by atoms with Gasteiger partial charge in [-0.15, -0.1) is 5.10 Å². The van der Waals surface area contributed by atoms with E-state index in [2.05, 4.69) is 32.0 Å². The van der Waals surface area contributed by atoms with Crippen molar-refractivity contribution in [1.82, 2.24) is 30.0 Å². The van der Waals surface area contributed by atoms with Gasteiger partial charge in [0.2, 0.25) is 0 Å². The summed E-state index contributed by atoms with van der Waals surface area (Å²) in [6.45, 7) is 4.81. The number of nitrogens with zero attached hydrogens (tertiary/aromatic N) is 6. The average molecular weight is 283 g/mol. The Morgan fingerprint density at radius 3 is 2.71 bits per heavy atom. The minimum atomic E-state index is 0.753. The van der Waals surface area contributed by atoms with Gasteiger partial charge in [-0.3, -0.25) is 4.68 Å². The number of nitrogens with one attached hydrogen (secondary N) is 1. The van der Waals surface area contributed by atoms with Crippen molar-refractivity contribution in [3.63, 3.8) is 0 Å². The van der Waals surface area contributed by atoms with Crippen molar-refractivity contribution in [1.29, 1.82) is 0 Å². The number of rotatable bonds is 4. The Balaban J connectivity index is 1.75. The van der Waals surface area contributed by atoms with Crippen LogP contribution in [0.2, 0.25) is 0 Å². The van der Waals surface area contributed by atoms with Gasteiger partial charge in [-0.2, -0.15) is 5.10 Å². The van der Waals surface area contributed by atoms with Gasteiger partial charge >= 0.3 is 0 Å². The van der Waals surface area contributed by atoms with Crippen LogP contribution in [0.1, 0.15) is 16.8 Å². The van der Waals surface area contributed by atoms with Gasteiger partial charge in [-0.05, 0) is 48.0 Å². The zero-order chi connectivity index (χ0) is 14.8. The lowest BCUT2D eigenvalue weighted by atomic mass is 10.1. The number of hydrogen-bond donors (Lipinski definition) is 1. The number of hydrogen-bond acceptors (Lipinski definition) is 5. The SMILES string of the molecule is Cc1cc(NCc2cn(C)nc2C)ccc1-n1cnnn1. The summed E-state index contributed by atoms with van der Waals surface area (Å²) in [5, 5.41) is 19.0. The Hall–Kier alpha value is -2.70. The molecule has 2 heterocycles. The molecule has 1 N–H and O–H groups in total. The van der Waals surface area contributed by atoms with Gasteiger partial charge in [0, 0.05) is 31.0 Å². The minimum absolute atomic E-state index is 0.753. The Labute approximate surface area is 122 Å². The number of aryl methyl sites for hydroxylation is 3. The standard InChI is InChI=1S/C14H17N7/c1-10-6-13(4-5-14(10)21-9-16-18-19-21)15-7-12-8-20(3)17-11(12)2/h4-6,8-9,15H,7H2,1-3H3. The molecule has 0 aliphatic heterocycles. The number of benzene rings is 1. The Bertz CT molecular complexity index is 743. The van der Waals surface area contributed by atoms with E-state index in [4.69, 9.17) is 0 Å². The van der Waals surface area contributed by atoms with E-state index in [1.807, 2.05) is 43.9 Å². The van der Waals surface area contributed by atoms with Crippen molar-refractivity contribution < 1.29 is 0 Å². The quantitative estimate of drug-likeness (QED) is 0.787. The molecule has 0 saturated heterocycles. The van der Waals surface area contributed by atoms with E-state index in [1.165, 1.54) is 5.56 Å². The minimum Gasteiger partial charge on any atom is -0.381 e. The van der Waals surface area contributed by atoms with Crippen LogP contribution in [0.4, 0.5) is 5.69 Å². The molecule has 2 aromatic heterocycles. The molecule has 0 fully saturated rings. The van der Waals surface area contributed by atoms with E-state index in [0.29, 0.717) is 0 Å². The predicted molar refractivity (Wildman–Crippen MR) is 79.2 cm³/mol. The molecule has 0 aliphatic carbocycles. The normalized spacial score (nSPS) is 10.8. The van der Waals surface area contributed by atoms with Gasteiger partial charge in [-0.1, -0.05) is 0 Å². The van der Waals surface area contributed by atoms with E-state index >= 15 is 0 Å². The maximum Gasteiger partial charge on any atom is 0.143 e. The Morgan fingerprint density at radius 2 is 2.10 bits per heavy atom. The molecule has 0 radical (unpaired) electrons. The molecule has 108 valence electrons. The second-order valence-electron chi connectivity index (χ2n) is 5.02. The van der Waals surface area contributed by atoms with E-state index < -0.39 is 0 Å². The van der Waals surface area contributed by atoms with E-state index in [0.717, 1.165) is 29.2 Å². The third-order valence-corrected chi connectivity index (χ3v) is 3.39. The number of tetrazole rings is 1. The molecule has 21 heavy (non-hydrogen) atoms. The largest absolute Gasteiger partial charge is 0.381 e. The molecule has 3 aromatic rings. The van der Waals surface area contributed by atoms with E-state index in [9.17, 15) is 0 Å². The van der Waals surface area contributed by atoms with E-state index in [1.54, 1.807) is 11.0 Å². The summed E-state index contributed by atoms with van der Waals surface area (Å²) in [5.41, 5.74) is 5.39. The van der Waals surface area contributed by atoms with Crippen LogP contribution < -0.4 is 5.32 Å². The van der Waals surface area contributed by atoms with Crippen molar-refractivity contribution in [3.05, 3.63) is 47.5 Å². The zero-order valence-electron chi connectivity index (χ0n) is 12.3. The van der Waals surface area contributed by atoms with Gasteiger partial charge in [0.1, 0.15) is 6.33 Å². The van der Waals surface area contributed by atoms with E-state index in [-0.39, 0.29) is 0 Å². The lowest BCUT2D eigenvalue weighted by Crippen LogP contribution is -2.02. The summed E-state index contributed by atoms with van der Waals surface area (Å²) < 4.78 is 3.49. The first-order chi connectivity index (χ1) is 10.1. The highest BCUT2D eigenvalue weighted by atomic mass is 15.5. The van der Waals surface area contributed by atoms with Crippen LogP contribution in [0.5, 0.6) is 0 Å². The van der Waals surface area contributed by atoms with Crippen molar-refractivity contribution >= 4 is 5.69 Å². The van der Waals surface area contributed by atoms with Gasteiger partial charge in [0.05, 0.1) is 11.4 Å². The smallest absolute Gasteiger partial charge is 0.143 e. The second-order valence-corrected chi connectivity index (χ2v) is 5.02. The van der Waals surface area contributed by atoms with Crippen molar-refractivity contribution in [3.8, 4) is 5.69 Å². The summed E-state index contributed by atoms with van der Waals surface area (Å²) in [7, 11) is 1.93. The Morgan fingerprint density at radius 1 is 1.24 bits per heavy atom. The van der Waals surface area contributed by atoms with Gasteiger partial charge < -0.3 is 5.32 Å². The molecule has 0 amide bonds. The van der Waals surface area contributed by atoms with Gasteiger partial charge in [0.25, 0.3) is 0 Å². The fraction of sp³-hybridized carbons (Fsp3) is 0.286. The molecule has 0 atom stereocenters. The van der Waals surface area contributed by atoms with Crippen LogP contribution in [0, 0.1) is 13.8 Å². The lowest BCUT2D eigenvalue weighted by molar-refractivity contribution is 0.756. The van der Waals surface area contributed by atoms with Crippen LogP contribution in [-0.2, 0) is 13.6 Å². The summed E-state index contributed by atoms with van der Waals surface area (Å²) in [5.74, 6) is 0. The summed E-state index contributed by atoms with van der Waals surface area (Å²) in [6, 6.07) is 6.11. The fourth-order valence-corrected chi connectivity index (χ4v) is 2.31. The molecule has 0 spiro atoms. The van der Waals surface area contributed by atoms with Crippen molar-refractivity contribution in [2.75, 3.05) is 5.32 Å². The fourth-order valence-electron chi connectivity index (χ4n) is 2.31. The zero-order valence-corrected chi connectivity index (χ0v) is 12.3. The first kappa shape index (κ1) is 13.3. The molecule has 1 aromatic carbocycles. The first-order valence-electron chi connectivity index (χ1n) is 6.70. The van der Waals surface area contributed by atoms with Crippen LogP contribution in [0.25, 0.3) is 5.69 Å². The maximum absolute atomic E-state index is 4.34. The Kier molecular flexibility index (Phi) is 3.39. The molecular weight excluding hydrogens is 266 g/mol. The number of anilines is 1. The monoisotopic (exact) mass is 283 g/mol. The topological polar surface area (TPSA) is 73.5 Å². The third kappa shape index (κ3) is 2.76. The van der Waals surface area contributed by atoms with Gasteiger partial charge in [-0.25, -0.2) is 4.68 Å². The second kappa shape index (κ2) is 5.35. The molecule has 3 rings (SSSR count). The maximum atomic E-state index is 4.34. The molecular formula is C14H17N7. The van der Waals surface area contributed by atoms with Crippen LogP contribution >= 0.6 is 0 Å². The van der Waals surface area contributed by atoms with Crippen molar-refractivity contribution in [2.24, 2.45) is 7.05 Å². The number of aromatic nitrogens is 6. The highest BCUT2D eigenvalue weighted by molar-refractivity contribution is 5.53. The lowest BCUT2D eigenvalue weighted by Gasteiger charge is -2.09.